The van der Waals surface area contributed by atoms with Gasteiger partial charge in [-0.1, -0.05) is 194 Å². The van der Waals surface area contributed by atoms with Gasteiger partial charge in [0, 0.05) is 44.5 Å². The molecule has 0 aliphatic heterocycles. The lowest BCUT2D eigenvalue weighted by Gasteiger charge is -2.20. The maximum atomic E-state index is 7.52. The molecule has 0 unspecified atom stereocenters. The minimum absolute atomic E-state index is 0.745. The van der Waals surface area contributed by atoms with E-state index in [0.29, 0.717) is 0 Å². The van der Waals surface area contributed by atoms with E-state index < -0.39 is 0 Å². The molecule has 0 aliphatic rings. The molecule has 0 spiro atoms. The molecule has 0 fully saturated rings. The summed E-state index contributed by atoms with van der Waals surface area (Å²) < 4.78 is 12.3. The van der Waals surface area contributed by atoms with E-state index in [2.05, 4.69) is 264 Å². The lowest BCUT2D eigenvalue weighted by atomic mass is 9.90. The lowest BCUT2D eigenvalue weighted by Crippen LogP contribution is -2.01. The van der Waals surface area contributed by atoms with Crippen molar-refractivity contribution >= 4 is 75.9 Å². The van der Waals surface area contributed by atoms with Crippen LogP contribution in [0.15, 0.2) is 255 Å². The van der Waals surface area contributed by atoms with Gasteiger partial charge in [-0.15, -0.1) is 0 Å². The van der Waals surface area contributed by atoms with Crippen LogP contribution in [0.25, 0.3) is 121 Å². The molecule has 2 aromatic heterocycles. The highest BCUT2D eigenvalue weighted by Crippen LogP contribution is 2.47. The molecule has 2 heterocycles. The molecule has 0 atom stereocenters. The van der Waals surface area contributed by atoms with Crippen LogP contribution in [0.2, 0.25) is 0 Å². The molecule has 69 heavy (non-hydrogen) atoms. The largest absolute Gasteiger partial charge is 0.456 e. The Kier molecular flexibility index (Phi) is 8.90. The Balaban J connectivity index is 1.04. The van der Waals surface area contributed by atoms with Crippen molar-refractivity contribution in [3.05, 3.63) is 255 Å². The predicted molar refractivity (Wildman–Crippen MR) is 290 cm³/mol. The molecule has 3 heteroatoms. The number of ether oxygens (including phenoxy) is 1. The lowest BCUT2D eigenvalue weighted by molar-refractivity contribution is 0.493. The summed E-state index contributed by atoms with van der Waals surface area (Å²) in [7, 11) is 0. The quantitative estimate of drug-likeness (QED) is 0.146. The third-order valence-electron chi connectivity index (χ3n) is 14.1. The zero-order valence-electron chi connectivity index (χ0n) is 37.6. The van der Waals surface area contributed by atoms with Crippen LogP contribution in [0.5, 0.6) is 11.5 Å². The van der Waals surface area contributed by atoms with Gasteiger partial charge in [-0.3, -0.25) is 0 Å². The summed E-state index contributed by atoms with van der Waals surface area (Å²) in [6.07, 6.45) is 0. The fourth-order valence-electron chi connectivity index (χ4n) is 11.0. The number of hydrogen-bond donors (Lipinski definition) is 0. The van der Waals surface area contributed by atoms with E-state index >= 15 is 0 Å². The average Bonchev–Trinajstić information content (AvgIpc) is 3.93. The van der Waals surface area contributed by atoms with Crippen LogP contribution in [-0.4, -0.2) is 9.13 Å². The van der Waals surface area contributed by atoms with Crippen molar-refractivity contribution in [2.24, 2.45) is 0 Å². The van der Waals surface area contributed by atoms with Crippen LogP contribution in [0.1, 0.15) is 0 Å². The molecule has 14 aromatic rings. The van der Waals surface area contributed by atoms with Crippen LogP contribution < -0.4 is 4.74 Å². The predicted octanol–water partition coefficient (Wildman–Crippen LogP) is 18.1. The van der Waals surface area contributed by atoms with Gasteiger partial charge >= 0.3 is 0 Å². The van der Waals surface area contributed by atoms with Crippen molar-refractivity contribution in [1.29, 1.82) is 0 Å². The molecular formula is C66H42N2O. The highest BCUT2D eigenvalue weighted by molar-refractivity contribution is 6.18. The molecule has 0 bridgehead atoms. The first-order valence-electron chi connectivity index (χ1n) is 23.7. The maximum absolute atomic E-state index is 7.52. The zero-order chi connectivity index (χ0) is 45.4. The van der Waals surface area contributed by atoms with Gasteiger partial charge in [-0.2, -0.15) is 0 Å². The second kappa shape index (κ2) is 15.7. The second-order valence-corrected chi connectivity index (χ2v) is 18.0. The van der Waals surface area contributed by atoms with Crippen molar-refractivity contribution < 1.29 is 4.74 Å². The first kappa shape index (κ1) is 39.0. The van der Waals surface area contributed by atoms with E-state index in [1.54, 1.807) is 0 Å². The van der Waals surface area contributed by atoms with Gasteiger partial charge < -0.3 is 13.9 Å². The van der Waals surface area contributed by atoms with E-state index in [0.717, 1.165) is 66.5 Å². The SMILES string of the molecule is c1ccc(-c2ccc3c(c2)c2cc(-c4ccccc4)ccc2n3-c2cc(Oc3c4ccccc4c(-c4ccc5ccccc5c4)c4ccccc34)cc(-n3c4ccccc4c4ccccc43)c2)cc1. The Labute approximate surface area is 398 Å². The molecule has 12 aromatic carbocycles. The Morgan fingerprint density at radius 3 is 1.20 bits per heavy atom. The van der Waals surface area contributed by atoms with Crippen LogP contribution >= 0.6 is 0 Å². The molecule has 0 N–H and O–H groups in total. The average molecular weight is 879 g/mol. The number of rotatable bonds is 7. The van der Waals surface area contributed by atoms with Crippen molar-refractivity contribution in [3.8, 4) is 56.3 Å². The summed E-state index contributed by atoms with van der Waals surface area (Å²) in [4.78, 5) is 0. The molecule has 0 amide bonds. The van der Waals surface area contributed by atoms with Gasteiger partial charge in [0.05, 0.1) is 33.4 Å². The monoisotopic (exact) mass is 878 g/mol. The molecule has 3 nitrogen and oxygen atoms in total. The van der Waals surface area contributed by atoms with Crippen molar-refractivity contribution in [2.45, 2.75) is 0 Å². The Morgan fingerprint density at radius 2 is 0.667 bits per heavy atom. The Hall–Kier alpha value is -9.18. The number of para-hydroxylation sites is 2. The first-order chi connectivity index (χ1) is 34.2. The summed E-state index contributed by atoms with van der Waals surface area (Å²) in [5.41, 5.74) is 13.7. The first-order valence-corrected chi connectivity index (χ1v) is 23.7. The molecule has 14 rings (SSSR count). The van der Waals surface area contributed by atoms with Gasteiger partial charge in [-0.05, 0) is 103 Å². The highest BCUT2D eigenvalue weighted by atomic mass is 16.5. The van der Waals surface area contributed by atoms with Crippen molar-refractivity contribution in [1.82, 2.24) is 9.13 Å². The standard InChI is InChI=1S/C66H42N2O/c1-3-17-43(18-4-1)47-33-35-63-59(38-47)60-39-48(44-19-5-2-6-20-44)34-36-64(60)68(63)51-40-50(67-61-29-15-13-23-53(61)54-24-14-16-30-62(54)67)41-52(42-51)69-66-57-27-11-9-25-55(57)65(56-26-10-12-28-58(56)66)49-32-31-45-21-7-8-22-46(45)37-49/h1-42H. The summed E-state index contributed by atoms with van der Waals surface area (Å²) in [6.45, 7) is 0. The fraction of sp³-hybridized carbons (Fsp3) is 0. The fourth-order valence-corrected chi connectivity index (χ4v) is 11.0. The molecule has 0 radical (unpaired) electrons. The number of benzene rings is 12. The van der Waals surface area contributed by atoms with Gasteiger partial charge in [0.25, 0.3) is 0 Å². The van der Waals surface area contributed by atoms with E-state index in [9.17, 15) is 0 Å². The number of aromatic nitrogens is 2. The number of nitrogens with zero attached hydrogens (tertiary/aromatic N) is 2. The van der Waals surface area contributed by atoms with Gasteiger partial charge in [0.15, 0.2) is 0 Å². The Bertz CT molecular complexity index is 4130. The number of hydrogen-bond acceptors (Lipinski definition) is 1. The minimum atomic E-state index is 0.745. The molecular weight excluding hydrogens is 837 g/mol. The number of fused-ring (bicyclic) bond motifs is 9. The molecule has 0 saturated heterocycles. The minimum Gasteiger partial charge on any atom is -0.456 e. The van der Waals surface area contributed by atoms with Crippen LogP contribution in [0, 0.1) is 0 Å². The van der Waals surface area contributed by atoms with Gasteiger partial charge in [0.2, 0.25) is 0 Å². The van der Waals surface area contributed by atoms with E-state index in [1.807, 2.05) is 0 Å². The molecule has 0 aliphatic carbocycles. The third-order valence-corrected chi connectivity index (χ3v) is 14.1. The van der Waals surface area contributed by atoms with E-state index in [4.69, 9.17) is 4.74 Å². The summed E-state index contributed by atoms with van der Waals surface area (Å²) in [5.74, 6) is 1.58. The van der Waals surface area contributed by atoms with Gasteiger partial charge in [0.1, 0.15) is 11.5 Å². The second-order valence-electron chi connectivity index (χ2n) is 18.0. The van der Waals surface area contributed by atoms with Crippen LogP contribution in [0.4, 0.5) is 0 Å². The summed E-state index contributed by atoms with van der Waals surface area (Å²) >= 11 is 0. The normalized spacial score (nSPS) is 11.8. The molecule has 322 valence electrons. The molecule has 0 saturated carbocycles. The van der Waals surface area contributed by atoms with E-state index in [1.165, 1.54) is 65.7 Å². The highest BCUT2D eigenvalue weighted by Gasteiger charge is 2.21. The van der Waals surface area contributed by atoms with Crippen LogP contribution in [-0.2, 0) is 0 Å². The summed E-state index contributed by atoms with van der Waals surface area (Å²) in [5, 5.41) is 11.6. The van der Waals surface area contributed by atoms with Gasteiger partial charge in [-0.25, -0.2) is 0 Å². The van der Waals surface area contributed by atoms with Crippen molar-refractivity contribution in [2.75, 3.05) is 0 Å². The Morgan fingerprint density at radius 1 is 0.246 bits per heavy atom. The third kappa shape index (κ3) is 6.36. The topological polar surface area (TPSA) is 19.1 Å². The van der Waals surface area contributed by atoms with E-state index in [-0.39, 0.29) is 0 Å². The zero-order valence-corrected chi connectivity index (χ0v) is 37.6. The smallest absolute Gasteiger partial charge is 0.143 e. The van der Waals surface area contributed by atoms with Crippen LogP contribution in [0.3, 0.4) is 0 Å². The maximum Gasteiger partial charge on any atom is 0.143 e. The van der Waals surface area contributed by atoms with Crippen molar-refractivity contribution in [3.63, 3.8) is 0 Å². The summed E-state index contributed by atoms with van der Waals surface area (Å²) in [6, 6.07) is 92.3.